The van der Waals surface area contributed by atoms with Crippen LogP contribution in [-0.2, 0) is 4.84 Å². The summed E-state index contributed by atoms with van der Waals surface area (Å²) in [6.45, 7) is 8.58. The minimum absolute atomic E-state index is 0.764. The standard InChI is InChI=1S/C19H38N2O/c1-3-21(4-2)17-14-18-22-20-19-15-12-10-8-6-5-7-9-11-13-16-19/h3-18H2,1-2H3. The molecule has 0 radical (unpaired) electrons. The third kappa shape index (κ3) is 10.2. The summed E-state index contributed by atoms with van der Waals surface area (Å²) in [5.74, 6) is 0. The molecule has 0 aromatic heterocycles. The fourth-order valence-electron chi connectivity index (χ4n) is 3.14. The van der Waals surface area contributed by atoms with Gasteiger partial charge in [-0.2, -0.15) is 0 Å². The summed E-state index contributed by atoms with van der Waals surface area (Å²) in [7, 11) is 0. The van der Waals surface area contributed by atoms with Crippen molar-refractivity contribution in [1.82, 2.24) is 4.90 Å². The van der Waals surface area contributed by atoms with Gasteiger partial charge in [0.15, 0.2) is 0 Å². The van der Waals surface area contributed by atoms with E-state index < -0.39 is 0 Å². The second kappa shape index (κ2) is 14.0. The van der Waals surface area contributed by atoms with Crippen LogP contribution in [0.3, 0.4) is 0 Å². The van der Waals surface area contributed by atoms with Gasteiger partial charge < -0.3 is 9.74 Å². The van der Waals surface area contributed by atoms with Crippen LogP contribution in [0.1, 0.15) is 90.9 Å². The summed E-state index contributed by atoms with van der Waals surface area (Å²) in [6.07, 6.45) is 15.8. The Morgan fingerprint density at radius 1 is 0.818 bits per heavy atom. The van der Waals surface area contributed by atoms with E-state index in [1.54, 1.807) is 0 Å². The lowest BCUT2D eigenvalue weighted by Crippen LogP contribution is -2.24. The highest BCUT2D eigenvalue weighted by Gasteiger charge is 2.04. The van der Waals surface area contributed by atoms with Gasteiger partial charge in [0.05, 0.1) is 5.71 Å². The SMILES string of the molecule is CCN(CC)CCCON=C1CCCCCCCCCCC1. The molecule has 3 heteroatoms. The Hall–Kier alpha value is -0.570. The van der Waals surface area contributed by atoms with E-state index in [1.807, 2.05) is 0 Å². The first-order valence-electron chi connectivity index (χ1n) is 9.76. The molecule has 1 saturated carbocycles. The molecular formula is C19H38N2O. The minimum atomic E-state index is 0.764. The van der Waals surface area contributed by atoms with Crippen molar-refractivity contribution in [2.24, 2.45) is 5.16 Å². The molecule has 0 spiro atoms. The van der Waals surface area contributed by atoms with Crippen molar-refractivity contribution < 1.29 is 4.84 Å². The van der Waals surface area contributed by atoms with E-state index in [1.165, 1.54) is 63.5 Å². The zero-order chi connectivity index (χ0) is 15.9. The summed E-state index contributed by atoms with van der Waals surface area (Å²) < 4.78 is 0. The van der Waals surface area contributed by atoms with E-state index in [0.717, 1.165) is 45.5 Å². The number of oxime groups is 1. The van der Waals surface area contributed by atoms with Crippen LogP contribution in [0.25, 0.3) is 0 Å². The molecule has 0 saturated heterocycles. The van der Waals surface area contributed by atoms with Gasteiger partial charge in [0, 0.05) is 6.54 Å². The van der Waals surface area contributed by atoms with E-state index in [2.05, 4.69) is 23.9 Å². The lowest BCUT2D eigenvalue weighted by molar-refractivity contribution is 0.129. The van der Waals surface area contributed by atoms with Gasteiger partial charge in [-0.3, -0.25) is 0 Å². The molecule has 22 heavy (non-hydrogen) atoms. The first-order valence-corrected chi connectivity index (χ1v) is 9.76. The van der Waals surface area contributed by atoms with Gasteiger partial charge in [0.2, 0.25) is 0 Å². The maximum atomic E-state index is 5.60. The topological polar surface area (TPSA) is 24.8 Å². The third-order valence-electron chi connectivity index (χ3n) is 4.73. The molecule has 0 heterocycles. The second-order valence-electron chi connectivity index (χ2n) is 6.55. The second-order valence-corrected chi connectivity index (χ2v) is 6.55. The highest BCUT2D eigenvalue weighted by atomic mass is 16.6. The van der Waals surface area contributed by atoms with Crippen LogP contribution in [0.2, 0.25) is 0 Å². The zero-order valence-corrected chi connectivity index (χ0v) is 15.1. The van der Waals surface area contributed by atoms with Gasteiger partial charge in [-0.25, -0.2) is 0 Å². The zero-order valence-electron chi connectivity index (χ0n) is 15.1. The number of nitrogens with zero attached hydrogens (tertiary/aromatic N) is 2. The largest absolute Gasteiger partial charge is 0.396 e. The van der Waals surface area contributed by atoms with Gasteiger partial charge in [0.1, 0.15) is 6.61 Å². The van der Waals surface area contributed by atoms with Gasteiger partial charge in [0.25, 0.3) is 0 Å². The molecule has 1 rings (SSSR count). The van der Waals surface area contributed by atoms with Gasteiger partial charge >= 0.3 is 0 Å². The van der Waals surface area contributed by atoms with Gasteiger partial charge in [-0.05, 0) is 45.2 Å². The molecule has 1 aliphatic carbocycles. The van der Waals surface area contributed by atoms with Gasteiger partial charge in [-0.15, -0.1) is 0 Å². The van der Waals surface area contributed by atoms with Crippen LogP contribution in [0.4, 0.5) is 0 Å². The van der Waals surface area contributed by atoms with E-state index in [4.69, 9.17) is 4.84 Å². The van der Waals surface area contributed by atoms with Gasteiger partial charge in [-0.1, -0.05) is 63.9 Å². The molecule has 1 aliphatic rings. The van der Waals surface area contributed by atoms with E-state index in [0.29, 0.717) is 0 Å². The van der Waals surface area contributed by atoms with Crippen molar-refractivity contribution >= 4 is 5.71 Å². The van der Waals surface area contributed by atoms with Crippen LogP contribution < -0.4 is 0 Å². The molecule has 0 atom stereocenters. The smallest absolute Gasteiger partial charge is 0.118 e. The van der Waals surface area contributed by atoms with Crippen LogP contribution in [-0.4, -0.2) is 36.9 Å². The van der Waals surface area contributed by atoms with Crippen LogP contribution >= 0.6 is 0 Å². The molecule has 0 unspecified atom stereocenters. The average Bonchev–Trinajstić information content (AvgIpc) is 2.53. The monoisotopic (exact) mass is 310 g/mol. The first-order chi connectivity index (χ1) is 10.9. The van der Waals surface area contributed by atoms with Crippen molar-refractivity contribution in [3.05, 3.63) is 0 Å². The molecular weight excluding hydrogens is 272 g/mol. The van der Waals surface area contributed by atoms with Crippen LogP contribution in [0, 0.1) is 0 Å². The maximum Gasteiger partial charge on any atom is 0.118 e. The quantitative estimate of drug-likeness (QED) is 0.465. The minimum Gasteiger partial charge on any atom is -0.396 e. The average molecular weight is 311 g/mol. The van der Waals surface area contributed by atoms with Crippen molar-refractivity contribution in [3.8, 4) is 0 Å². The van der Waals surface area contributed by atoms with Crippen molar-refractivity contribution in [2.75, 3.05) is 26.2 Å². The Kier molecular flexibility index (Phi) is 12.4. The molecule has 130 valence electrons. The summed E-state index contributed by atoms with van der Waals surface area (Å²) in [6, 6.07) is 0. The Labute approximate surface area is 138 Å². The summed E-state index contributed by atoms with van der Waals surface area (Å²) >= 11 is 0. The molecule has 3 nitrogen and oxygen atoms in total. The fraction of sp³-hybridized carbons (Fsp3) is 0.947. The van der Waals surface area contributed by atoms with Crippen molar-refractivity contribution in [3.63, 3.8) is 0 Å². The lowest BCUT2D eigenvalue weighted by atomic mass is 10.00. The third-order valence-corrected chi connectivity index (χ3v) is 4.73. The lowest BCUT2D eigenvalue weighted by Gasteiger charge is -2.17. The predicted octanol–water partition coefficient (Wildman–Crippen LogP) is 5.40. The molecule has 0 N–H and O–H groups in total. The predicted molar refractivity (Wildman–Crippen MR) is 96.6 cm³/mol. The molecule has 1 fully saturated rings. The summed E-state index contributed by atoms with van der Waals surface area (Å²) in [4.78, 5) is 8.04. The molecule has 0 aliphatic heterocycles. The van der Waals surface area contributed by atoms with E-state index in [9.17, 15) is 0 Å². The number of rotatable bonds is 7. The maximum absolute atomic E-state index is 5.60. The van der Waals surface area contributed by atoms with E-state index in [-0.39, 0.29) is 0 Å². The summed E-state index contributed by atoms with van der Waals surface area (Å²) in [5.41, 5.74) is 1.31. The Bertz CT molecular complexity index is 261. The normalized spacial score (nSPS) is 18.6. The molecule has 0 amide bonds. The highest BCUT2D eigenvalue weighted by Crippen LogP contribution is 2.15. The summed E-state index contributed by atoms with van der Waals surface area (Å²) in [5, 5.41) is 4.46. The fourth-order valence-corrected chi connectivity index (χ4v) is 3.14. The van der Waals surface area contributed by atoms with Crippen molar-refractivity contribution in [2.45, 2.75) is 90.9 Å². The van der Waals surface area contributed by atoms with Crippen LogP contribution in [0.15, 0.2) is 5.16 Å². The Balaban J connectivity index is 2.22. The number of hydrogen-bond donors (Lipinski definition) is 0. The van der Waals surface area contributed by atoms with Crippen molar-refractivity contribution in [1.29, 1.82) is 0 Å². The Morgan fingerprint density at radius 3 is 1.82 bits per heavy atom. The molecule has 0 aromatic carbocycles. The molecule has 0 bridgehead atoms. The van der Waals surface area contributed by atoms with E-state index >= 15 is 0 Å². The molecule has 0 aromatic rings. The first kappa shape index (κ1) is 19.5. The highest BCUT2D eigenvalue weighted by molar-refractivity contribution is 5.83. The van der Waals surface area contributed by atoms with Crippen LogP contribution in [0.5, 0.6) is 0 Å². The number of hydrogen-bond acceptors (Lipinski definition) is 3. The Morgan fingerprint density at radius 2 is 1.32 bits per heavy atom.